The molecule has 7 nitrogen and oxygen atoms in total. The number of piperidine rings is 1. The molecule has 0 aliphatic carbocycles. The van der Waals surface area contributed by atoms with Crippen molar-refractivity contribution in [3.63, 3.8) is 0 Å². The highest BCUT2D eigenvalue weighted by Crippen LogP contribution is 2.18. The number of carbonyl (C=O) groups excluding carboxylic acids is 1. The van der Waals surface area contributed by atoms with Gasteiger partial charge in [-0.1, -0.05) is 19.1 Å². The first-order valence-electron chi connectivity index (χ1n) is 8.54. The van der Waals surface area contributed by atoms with Gasteiger partial charge in [0.15, 0.2) is 0 Å². The Kier molecular flexibility index (Phi) is 5.37. The monoisotopic (exact) mass is 346 g/mol. The minimum atomic E-state index is -0.620. The second-order valence-electron chi connectivity index (χ2n) is 6.61. The van der Waals surface area contributed by atoms with Crippen LogP contribution < -0.4 is 10.6 Å². The summed E-state index contributed by atoms with van der Waals surface area (Å²) in [5.74, 6) is 0.469. The molecule has 134 valence electrons. The van der Waals surface area contributed by atoms with Crippen molar-refractivity contribution < 1.29 is 9.18 Å². The molecule has 2 heterocycles. The Morgan fingerprint density at radius 3 is 3.04 bits per heavy atom. The summed E-state index contributed by atoms with van der Waals surface area (Å²) >= 11 is 0. The topological polar surface area (TPSA) is 84.7 Å². The maximum Gasteiger partial charge on any atom is 0.245 e. The van der Waals surface area contributed by atoms with Crippen LogP contribution >= 0.6 is 0 Å². The summed E-state index contributed by atoms with van der Waals surface area (Å²) in [6, 6.07) is 5.70. The molecule has 3 atom stereocenters. The van der Waals surface area contributed by atoms with Crippen molar-refractivity contribution in [1.82, 2.24) is 30.8 Å². The molecular weight excluding hydrogens is 323 g/mol. The van der Waals surface area contributed by atoms with E-state index >= 15 is 0 Å². The summed E-state index contributed by atoms with van der Waals surface area (Å²) in [4.78, 5) is 12.9. The van der Waals surface area contributed by atoms with Gasteiger partial charge in [0.1, 0.15) is 17.7 Å². The normalized spacial score (nSPS) is 21.7. The fourth-order valence-corrected chi connectivity index (χ4v) is 3.17. The van der Waals surface area contributed by atoms with Crippen molar-refractivity contribution in [2.24, 2.45) is 5.92 Å². The van der Waals surface area contributed by atoms with Crippen molar-refractivity contribution in [1.29, 1.82) is 0 Å². The van der Waals surface area contributed by atoms with Crippen molar-refractivity contribution in [3.05, 3.63) is 41.5 Å². The first-order valence-corrected chi connectivity index (χ1v) is 8.54. The van der Waals surface area contributed by atoms with Crippen LogP contribution in [0.25, 0.3) is 0 Å². The second kappa shape index (κ2) is 7.69. The number of aromatic nitrogens is 4. The number of carbonyl (C=O) groups is 1. The smallest absolute Gasteiger partial charge is 0.245 e. The zero-order chi connectivity index (χ0) is 17.8. The molecule has 1 aromatic carbocycles. The minimum absolute atomic E-state index is 0.0630. The summed E-state index contributed by atoms with van der Waals surface area (Å²) in [6.07, 6.45) is 1.34. The summed E-state index contributed by atoms with van der Waals surface area (Å²) < 4.78 is 15.0. The van der Waals surface area contributed by atoms with Gasteiger partial charge in [-0.2, -0.15) is 0 Å². The van der Waals surface area contributed by atoms with Gasteiger partial charge >= 0.3 is 0 Å². The van der Waals surface area contributed by atoms with E-state index in [1.165, 1.54) is 16.8 Å². The number of benzene rings is 1. The van der Waals surface area contributed by atoms with Gasteiger partial charge in [0.25, 0.3) is 0 Å². The Hall–Kier alpha value is -2.35. The lowest BCUT2D eigenvalue weighted by Gasteiger charge is -2.31. The summed E-state index contributed by atoms with van der Waals surface area (Å²) in [5.41, 5.74) is 0.727. The van der Waals surface area contributed by atoms with Gasteiger partial charge in [0.05, 0.1) is 0 Å². The number of nitrogens with zero attached hydrogens (tertiary/aromatic N) is 4. The van der Waals surface area contributed by atoms with E-state index in [9.17, 15) is 9.18 Å². The molecule has 1 aromatic heterocycles. The molecule has 2 aromatic rings. The fraction of sp³-hybridized carbons (Fsp3) is 0.529. The highest BCUT2D eigenvalue weighted by Gasteiger charge is 2.29. The highest BCUT2D eigenvalue weighted by molar-refractivity contribution is 5.81. The molecule has 0 bridgehead atoms. The summed E-state index contributed by atoms with van der Waals surface area (Å²) in [5, 5.41) is 17.9. The van der Waals surface area contributed by atoms with E-state index < -0.39 is 6.04 Å². The van der Waals surface area contributed by atoms with Crippen LogP contribution in [-0.4, -0.2) is 45.2 Å². The Balaban J connectivity index is 1.80. The number of amides is 1. The van der Waals surface area contributed by atoms with Gasteiger partial charge in [-0.3, -0.25) is 4.79 Å². The zero-order valence-corrected chi connectivity index (χ0v) is 14.4. The zero-order valence-electron chi connectivity index (χ0n) is 14.4. The van der Waals surface area contributed by atoms with E-state index in [0.717, 1.165) is 25.1 Å². The van der Waals surface area contributed by atoms with E-state index in [-0.39, 0.29) is 17.8 Å². The molecule has 1 fully saturated rings. The van der Waals surface area contributed by atoms with Crippen LogP contribution in [0.15, 0.2) is 24.3 Å². The number of hydrogen-bond acceptors (Lipinski definition) is 5. The first kappa shape index (κ1) is 17.5. The van der Waals surface area contributed by atoms with Crippen LogP contribution in [-0.2, 0) is 11.2 Å². The summed E-state index contributed by atoms with van der Waals surface area (Å²) in [7, 11) is 0. The lowest BCUT2D eigenvalue weighted by atomic mass is 9.94. The van der Waals surface area contributed by atoms with Gasteiger partial charge in [-0.15, -0.1) is 5.10 Å². The standard InChI is InChI=1S/C17H23FN6O/c1-11-6-7-19-10-15(11)20-17(25)16(24-12(2)21-22-23-24)9-13-4-3-5-14(18)8-13/h3-5,8,11,15-16,19H,6-7,9-10H2,1-2H3,(H,20,25). The molecule has 25 heavy (non-hydrogen) atoms. The Morgan fingerprint density at radius 2 is 2.36 bits per heavy atom. The summed E-state index contributed by atoms with van der Waals surface area (Å²) in [6.45, 7) is 5.59. The van der Waals surface area contributed by atoms with Crippen molar-refractivity contribution in [2.45, 2.75) is 38.8 Å². The molecule has 1 saturated heterocycles. The molecule has 2 N–H and O–H groups in total. The molecule has 0 radical (unpaired) electrons. The van der Waals surface area contributed by atoms with E-state index in [0.29, 0.717) is 18.2 Å². The maximum absolute atomic E-state index is 13.5. The van der Waals surface area contributed by atoms with Crippen LogP contribution in [0.3, 0.4) is 0 Å². The highest BCUT2D eigenvalue weighted by atomic mass is 19.1. The molecule has 1 aliphatic heterocycles. The van der Waals surface area contributed by atoms with Gasteiger partial charge < -0.3 is 10.6 Å². The number of aryl methyl sites for hydroxylation is 1. The molecular formula is C17H23FN6O. The number of rotatable bonds is 5. The third-order valence-corrected chi connectivity index (χ3v) is 4.73. The van der Waals surface area contributed by atoms with Crippen LogP contribution in [0, 0.1) is 18.7 Å². The number of halogens is 1. The fourth-order valence-electron chi connectivity index (χ4n) is 3.17. The quantitative estimate of drug-likeness (QED) is 0.844. The van der Waals surface area contributed by atoms with E-state index in [1.807, 2.05) is 0 Å². The van der Waals surface area contributed by atoms with E-state index in [1.54, 1.807) is 19.1 Å². The van der Waals surface area contributed by atoms with Gasteiger partial charge in [0.2, 0.25) is 5.91 Å². The van der Waals surface area contributed by atoms with E-state index in [4.69, 9.17) is 0 Å². The average molecular weight is 346 g/mol. The molecule has 1 amide bonds. The lowest BCUT2D eigenvalue weighted by Crippen LogP contribution is -2.52. The Morgan fingerprint density at radius 1 is 1.52 bits per heavy atom. The molecule has 3 rings (SSSR count). The van der Waals surface area contributed by atoms with Gasteiger partial charge in [-0.05, 0) is 53.9 Å². The first-order chi connectivity index (χ1) is 12.0. The van der Waals surface area contributed by atoms with Gasteiger partial charge in [-0.25, -0.2) is 9.07 Å². The Bertz CT molecular complexity index is 733. The Labute approximate surface area is 146 Å². The van der Waals surface area contributed by atoms with Crippen LogP contribution in [0.5, 0.6) is 0 Å². The van der Waals surface area contributed by atoms with Crippen LogP contribution in [0.1, 0.15) is 30.8 Å². The molecule has 3 unspecified atom stereocenters. The molecule has 0 saturated carbocycles. The van der Waals surface area contributed by atoms with Crippen LogP contribution in [0.4, 0.5) is 4.39 Å². The SMILES string of the molecule is Cc1nnnn1C(Cc1cccc(F)c1)C(=O)NC1CNCCC1C. The number of nitrogens with one attached hydrogen (secondary N) is 2. The maximum atomic E-state index is 13.5. The largest absolute Gasteiger partial charge is 0.350 e. The molecule has 1 aliphatic rings. The third kappa shape index (κ3) is 4.19. The second-order valence-corrected chi connectivity index (χ2v) is 6.61. The van der Waals surface area contributed by atoms with Crippen molar-refractivity contribution in [3.8, 4) is 0 Å². The predicted octanol–water partition coefficient (Wildman–Crippen LogP) is 1.02. The van der Waals surface area contributed by atoms with Gasteiger partial charge in [0, 0.05) is 19.0 Å². The van der Waals surface area contributed by atoms with E-state index in [2.05, 4.69) is 33.1 Å². The lowest BCUT2D eigenvalue weighted by molar-refractivity contribution is -0.125. The van der Waals surface area contributed by atoms with Crippen LogP contribution in [0.2, 0.25) is 0 Å². The molecule has 0 spiro atoms. The third-order valence-electron chi connectivity index (χ3n) is 4.73. The predicted molar refractivity (Wildman–Crippen MR) is 90.3 cm³/mol. The van der Waals surface area contributed by atoms with Crippen molar-refractivity contribution in [2.75, 3.05) is 13.1 Å². The van der Waals surface area contributed by atoms with Crippen molar-refractivity contribution >= 4 is 5.91 Å². The average Bonchev–Trinajstić information content (AvgIpc) is 3.00. The number of hydrogen-bond donors (Lipinski definition) is 2. The number of tetrazole rings is 1. The molecule has 8 heteroatoms. The minimum Gasteiger partial charge on any atom is -0.350 e.